The van der Waals surface area contributed by atoms with E-state index in [0.29, 0.717) is 0 Å². The number of rotatable bonds is 2. The maximum Gasteiger partial charge on any atom is 0.455 e. The molecule has 1 nitrogen and oxygen atoms in total. The van der Waals surface area contributed by atoms with E-state index in [4.69, 9.17) is 17.3 Å². The predicted molar refractivity (Wildman–Crippen MR) is 61.4 cm³/mol. The second-order valence-electron chi connectivity index (χ2n) is 3.57. The summed E-state index contributed by atoms with van der Waals surface area (Å²) in [6, 6.07) is 1.51. The van der Waals surface area contributed by atoms with Crippen LogP contribution in [0.15, 0.2) is 18.2 Å². The highest BCUT2D eigenvalue weighted by atomic mass is 35.5. The third-order valence-electron chi connectivity index (χ3n) is 2.35. The molecule has 8 heteroatoms. The average Bonchev–Trinajstić information content (AvgIpc) is 2.15. The quantitative estimate of drug-likeness (QED) is 0.811. The van der Waals surface area contributed by atoms with Gasteiger partial charge in [-0.15, -0.1) is 12.4 Å². The summed E-state index contributed by atoms with van der Waals surface area (Å²) in [7, 11) is 0. The van der Waals surface area contributed by atoms with Crippen LogP contribution < -0.4 is 5.73 Å². The largest absolute Gasteiger partial charge is 0.455 e. The summed E-state index contributed by atoms with van der Waals surface area (Å²) in [6.07, 6.45) is -5.71. The molecule has 0 amide bonds. The van der Waals surface area contributed by atoms with Gasteiger partial charge in [0.2, 0.25) is 0 Å². The molecule has 0 aliphatic heterocycles. The van der Waals surface area contributed by atoms with Gasteiger partial charge in [0.15, 0.2) is 0 Å². The second kappa shape index (κ2) is 5.59. The van der Waals surface area contributed by atoms with Crippen molar-refractivity contribution in [2.45, 2.75) is 25.1 Å². The Bertz CT molecular complexity index is 399. The molecule has 0 unspecified atom stereocenters. The van der Waals surface area contributed by atoms with Crippen LogP contribution in [0.3, 0.4) is 0 Å². The minimum absolute atomic E-state index is 0. The van der Waals surface area contributed by atoms with Crippen molar-refractivity contribution in [2.75, 3.05) is 0 Å². The van der Waals surface area contributed by atoms with Crippen molar-refractivity contribution in [1.29, 1.82) is 0 Å². The Morgan fingerprint density at radius 3 is 2.06 bits per heavy atom. The number of hydrogen-bond donors (Lipinski definition) is 1. The number of alkyl halides is 5. The Hall–Kier alpha value is -0.590. The molecule has 1 rings (SSSR count). The van der Waals surface area contributed by atoms with E-state index in [1.54, 1.807) is 0 Å². The molecule has 1 aromatic rings. The molecule has 0 radical (unpaired) electrons. The first-order valence-electron chi connectivity index (χ1n) is 4.54. The van der Waals surface area contributed by atoms with Crippen molar-refractivity contribution in [3.8, 4) is 0 Å². The van der Waals surface area contributed by atoms with Crippen LogP contribution in [0.1, 0.15) is 17.2 Å². The third-order valence-corrected chi connectivity index (χ3v) is 2.68. The minimum atomic E-state index is -5.71. The molecule has 0 bridgehead atoms. The molecule has 2 N–H and O–H groups in total. The van der Waals surface area contributed by atoms with E-state index < -0.39 is 23.7 Å². The molecular weight excluding hydrogens is 300 g/mol. The summed E-state index contributed by atoms with van der Waals surface area (Å²) in [5.41, 5.74) is 4.80. The molecule has 0 aliphatic carbocycles. The Balaban J connectivity index is 0.00000289. The van der Waals surface area contributed by atoms with Crippen LogP contribution in [0.2, 0.25) is 5.02 Å². The number of hydrogen-bond acceptors (Lipinski definition) is 1. The van der Waals surface area contributed by atoms with Crippen molar-refractivity contribution in [1.82, 2.24) is 0 Å². The molecule has 104 valence electrons. The summed E-state index contributed by atoms with van der Waals surface area (Å²) in [6.45, 7) is 1.37. The van der Waals surface area contributed by atoms with Gasteiger partial charge in [0, 0.05) is 5.02 Å². The van der Waals surface area contributed by atoms with Crippen molar-refractivity contribution < 1.29 is 22.0 Å². The fourth-order valence-electron chi connectivity index (χ4n) is 1.40. The van der Waals surface area contributed by atoms with Gasteiger partial charge >= 0.3 is 12.1 Å². The zero-order valence-electron chi connectivity index (χ0n) is 9.06. The third kappa shape index (κ3) is 3.05. The van der Waals surface area contributed by atoms with Gasteiger partial charge in [-0.1, -0.05) is 23.7 Å². The molecule has 0 aliphatic rings. The lowest BCUT2D eigenvalue weighted by atomic mass is 9.96. The monoisotopic (exact) mass is 309 g/mol. The summed E-state index contributed by atoms with van der Waals surface area (Å²) in [5.74, 6) is -5.03. The summed E-state index contributed by atoms with van der Waals surface area (Å²) in [4.78, 5) is 0. The van der Waals surface area contributed by atoms with E-state index in [0.717, 1.165) is 0 Å². The smallest absolute Gasteiger partial charge is 0.319 e. The van der Waals surface area contributed by atoms with Gasteiger partial charge in [0.1, 0.15) is 6.04 Å². The zero-order chi connectivity index (χ0) is 13.4. The molecule has 0 saturated carbocycles. The number of benzene rings is 1. The Labute approximate surface area is 112 Å². The summed E-state index contributed by atoms with van der Waals surface area (Å²) >= 11 is 5.60. The molecule has 0 fully saturated rings. The number of aryl methyl sites for hydroxylation is 1. The summed E-state index contributed by atoms with van der Waals surface area (Å²) in [5, 5.41) is -0.207. The van der Waals surface area contributed by atoms with E-state index in [2.05, 4.69) is 0 Å². The van der Waals surface area contributed by atoms with Gasteiger partial charge < -0.3 is 5.73 Å². The zero-order valence-corrected chi connectivity index (χ0v) is 10.6. The minimum Gasteiger partial charge on any atom is -0.319 e. The molecule has 1 aromatic carbocycles. The molecule has 0 spiro atoms. The van der Waals surface area contributed by atoms with Gasteiger partial charge in [-0.05, 0) is 24.1 Å². The van der Waals surface area contributed by atoms with Gasteiger partial charge in [-0.25, -0.2) is 0 Å². The van der Waals surface area contributed by atoms with Crippen molar-refractivity contribution in [2.24, 2.45) is 5.73 Å². The van der Waals surface area contributed by atoms with Gasteiger partial charge in [0.05, 0.1) is 0 Å². The molecule has 0 saturated heterocycles. The van der Waals surface area contributed by atoms with E-state index in [1.165, 1.54) is 25.1 Å². The molecule has 1 atom stereocenters. The Morgan fingerprint density at radius 1 is 1.17 bits per heavy atom. The number of nitrogens with two attached hydrogens (primary N) is 1. The van der Waals surface area contributed by atoms with Crippen molar-refractivity contribution >= 4 is 24.0 Å². The highest BCUT2D eigenvalue weighted by Crippen LogP contribution is 2.45. The fraction of sp³-hybridized carbons (Fsp3) is 0.400. The van der Waals surface area contributed by atoms with Crippen molar-refractivity contribution in [3.05, 3.63) is 34.3 Å². The molecule has 18 heavy (non-hydrogen) atoms. The molecule has 0 aromatic heterocycles. The Morgan fingerprint density at radius 2 is 1.67 bits per heavy atom. The molecular formula is C10H10Cl2F5N. The first kappa shape index (κ1) is 17.4. The topological polar surface area (TPSA) is 26.0 Å². The lowest BCUT2D eigenvalue weighted by Gasteiger charge is -2.27. The van der Waals surface area contributed by atoms with Crippen LogP contribution in [-0.2, 0) is 0 Å². The number of halogens is 7. The van der Waals surface area contributed by atoms with Crippen LogP contribution >= 0.6 is 24.0 Å². The van der Waals surface area contributed by atoms with Crippen LogP contribution in [0.5, 0.6) is 0 Å². The van der Waals surface area contributed by atoms with E-state index in [-0.39, 0.29) is 23.0 Å². The average molecular weight is 310 g/mol. The van der Waals surface area contributed by atoms with Crippen LogP contribution in [-0.4, -0.2) is 12.1 Å². The van der Waals surface area contributed by atoms with Crippen LogP contribution in [0, 0.1) is 6.92 Å². The highest BCUT2D eigenvalue weighted by Gasteiger charge is 2.62. The fourth-order valence-corrected chi connectivity index (χ4v) is 1.74. The van der Waals surface area contributed by atoms with Gasteiger partial charge in [-0.3, -0.25) is 0 Å². The SMILES string of the molecule is Cc1cccc(Cl)c1[C@@H](N)C(F)(F)C(F)(F)F.Cl. The standard InChI is InChI=1S/C10H9ClF5N.ClH/c1-5-3-2-4-6(11)7(5)8(17)9(12,13)10(14,15)16;/h2-4,8H,17H2,1H3;1H/t8-;/m1./s1. The Kier molecular flexibility index (Phi) is 5.40. The molecule has 0 heterocycles. The summed E-state index contributed by atoms with van der Waals surface area (Å²) < 4.78 is 62.6. The first-order chi connectivity index (χ1) is 7.59. The lowest BCUT2D eigenvalue weighted by molar-refractivity contribution is -0.291. The maximum absolute atomic E-state index is 13.1. The van der Waals surface area contributed by atoms with Gasteiger partial charge in [-0.2, -0.15) is 22.0 Å². The van der Waals surface area contributed by atoms with Crippen LogP contribution in [0.25, 0.3) is 0 Å². The van der Waals surface area contributed by atoms with Crippen molar-refractivity contribution in [3.63, 3.8) is 0 Å². The first-order valence-corrected chi connectivity index (χ1v) is 4.92. The van der Waals surface area contributed by atoms with Gasteiger partial charge in [0.25, 0.3) is 0 Å². The van der Waals surface area contributed by atoms with E-state index in [1.807, 2.05) is 0 Å². The van der Waals surface area contributed by atoms with Crippen LogP contribution in [0.4, 0.5) is 22.0 Å². The lowest BCUT2D eigenvalue weighted by Crippen LogP contribution is -2.46. The highest BCUT2D eigenvalue weighted by molar-refractivity contribution is 6.31. The normalized spacial score (nSPS) is 14.0. The van der Waals surface area contributed by atoms with E-state index >= 15 is 0 Å². The second-order valence-corrected chi connectivity index (χ2v) is 3.98. The predicted octanol–water partition coefficient (Wildman–Crippen LogP) is 4.27. The maximum atomic E-state index is 13.1. The van der Waals surface area contributed by atoms with E-state index in [9.17, 15) is 22.0 Å².